The number of hydrogen-bond acceptors (Lipinski definition) is 3. The van der Waals surface area contributed by atoms with E-state index in [2.05, 4.69) is 36.1 Å². The number of rotatable bonds is 4. The van der Waals surface area contributed by atoms with Gasteiger partial charge in [-0.2, -0.15) is 5.10 Å². The molecule has 0 atom stereocenters. The summed E-state index contributed by atoms with van der Waals surface area (Å²) in [7, 11) is 1.81. The predicted octanol–water partition coefficient (Wildman–Crippen LogP) is 5.26. The Kier molecular flexibility index (Phi) is 4.89. The average molecular weight is 384 g/mol. The van der Waals surface area contributed by atoms with E-state index in [1.807, 2.05) is 67.2 Å². The lowest BCUT2D eigenvalue weighted by Crippen LogP contribution is -2.27. The van der Waals surface area contributed by atoms with Gasteiger partial charge in [0.25, 0.3) is 5.91 Å². The molecule has 4 aromatic rings. The SMILES string of the molecule is Cc1nc2c(cnn2C(C)C)cc1C(=O)N(C)c1ccccc1-c1ccccc1. The number of amides is 1. The third kappa shape index (κ3) is 3.40. The Labute approximate surface area is 170 Å². The summed E-state index contributed by atoms with van der Waals surface area (Å²) in [6, 6.07) is 20.2. The minimum atomic E-state index is -0.0856. The molecule has 0 saturated heterocycles. The van der Waals surface area contributed by atoms with Crippen molar-refractivity contribution < 1.29 is 4.79 Å². The van der Waals surface area contributed by atoms with Gasteiger partial charge in [-0.05, 0) is 38.5 Å². The molecule has 0 spiro atoms. The molecule has 5 nitrogen and oxygen atoms in total. The molecule has 146 valence electrons. The smallest absolute Gasteiger partial charge is 0.259 e. The molecule has 0 aliphatic heterocycles. The molecule has 2 aromatic carbocycles. The molecule has 2 heterocycles. The number of para-hydroxylation sites is 1. The molecule has 0 aliphatic rings. The second-order valence-corrected chi connectivity index (χ2v) is 7.46. The lowest BCUT2D eigenvalue weighted by Gasteiger charge is -2.22. The summed E-state index contributed by atoms with van der Waals surface area (Å²) in [4.78, 5) is 19.8. The van der Waals surface area contributed by atoms with Crippen LogP contribution in [0.3, 0.4) is 0 Å². The monoisotopic (exact) mass is 384 g/mol. The average Bonchev–Trinajstić information content (AvgIpc) is 3.15. The number of benzene rings is 2. The van der Waals surface area contributed by atoms with Crippen molar-refractivity contribution in [1.29, 1.82) is 0 Å². The highest BCUT2D eigenvalue weighted by molar-refractivity contribution is 6.09. The van der Waals surface area contributed by atoms with E-state index in [9.17, 15) is 4.79 Å². The van der Waals surface area contributed by atoms with Crippen LogP contribution in [0.1, 0.15) is 35.9 Å². The minimum Gasteiger partial charge on any atom is -0.311 e. The van der Waals surface area contributed by atoms with Gasteiger partial charge in [-0.25, -0.2) is 9.67 Å². The van der Waals surface area contributed by atoms with E-state index in [1.54, 1.807) is 11.1 Å². The minimum absolute atomic E-state index is 0.0856. The highest BCUT2D eigenvalue weighted by Gasteiger charge is 2.21. The number of anilines is 1. The van der Waals surface area contributed by atoms with Crippen LogP contribution in [0.15, 0.2) is 66.9 Å². The largest absolute Gasteiger partial charge is 0.311 e. The first-order valence-electron chi connectivity index (χ1n) is 9.74. The Morgan fingerprint density at radius 3 is 2.45 bits per heavy atom. The fraction of sp³-hybridized carbons (Fsp3) is 0.208. The number of carbonyl (C=O) groups excluding carboxylic acids is 1. The Bertz CT molecular complexity index is 1180. The Morgan fingerprint density at radius 2 is 1.72 bits per heavy atom. The van der Waals surface area contributed by atoms with Crippen LogP contribution in [-0.4, -0.2) is 27.7 Å². The van der Waals surface area contributed by atoms with Crippen LogP contribution in [0.2, 0.25) is 0 Å². The van der Waals surface area contributed by atoms with Gasteiger partial charge in [0.1, 0.15) is 0 Å². The number of fused-ring (bicyclic) bond motifs is 1. The van der Waals surface area contributed by atoms with Gasteiger partial charge in [0, 0.05) is 24.0 Å². The van der Waals surface area contributed by atoms with Gasteiger partial charge in [-0.15, -0.1) is 0 Å². The van der Waals surface area contributed by atoms with Gasteiger partial charge >= 0.3 is 0 Å². The highest BCUT2D eigenvalue weighted by Crippen LogP contribution is 2.31. The van der Waals surface area contributed by atoms with Crippen LogP contribution >= 0.6 is 0 Å². The third-order valence-corrected chi connectivity index (χ3v) is 5.13. The van der Waals surface area contributed by atoms with Gasteiger partial charge in [-0.3, -0.25) is 4.79 Å². The van der Waals surface area contributed by atoms with Crippen molar-refractivity contribution in [2.75, 3.05) is 11.9 Å². The molecular formula is C24H24N4O. The van der Waals surface area contributed by atoms with Crippen molar-refractivity contribution in [3.63, 3.8) is 0 Å². The van der Waals surface area contributed by atoms with E-state index in [1.165, 1.54) is 0 Å². The standard InChI is InChI=1S/C24H24N4O/c1-16(2)28-23-19(15-25-28)14-21(17(3)26-23)24(29)27(4)22-13-9-8-12-20(22)18-10-6-5-7-11-18/h5-16H,1-4H3. The number of carbonyl (C=O) groups is 1. The summed E-state index contributed by atoms with van der Waals surface area (Å²) < 4.78 is 1.88. The summed E-state index contributed by atoms with van der Waals surface area (Å²) in [5.41, 5.74) is 5.05. The quantitative estimate of drug-likeness (QED) is 0.482. The molecule has 29 heavy (non-hydrogen) atoms. The summed E-state index contributed by atoms with van der Waals surface area (Å²) >= 11 is 0. The summed E-state index contributed by atoms with van der Waals surface area (Å²) in [6.45, 7) is 6.01. The molecule has 5 heteroatoms. The van der Waals surface area contributed by atoms with Crippen LogP contribution in [-0.2, 0) is 0 Å². The van der Waals surface area contributed by atoms with E-state index in [4.69, 9.17) is 0 Å². The van der Waals surface area contributed by atoms with E-state index in [0.29, 0.717) is 11.3 Å². The number of aryl methyl sites for hydroxylation is 1. The van der Waals surface area contributed by atoms with E-state index < -0.39 is 0 Å². The summed E-state index contributed by atoms with van der Waals surface area (Å²) in [6.07, 6.45) is 1.77. The molecule has 1 amide bonds. The fourth-order valence-electron chi connectivity index (χ4n) is 3.58. The molecule has 0 saturated carbocycles. The molecule has 0 N–H and O–H groups in total. The Morgan fingerprint density at radius 1 is 1.03 bits per heavy atom. The normalized spacial score (nSPS) is 11.2. The zero-order valence-corrected chi connectivity index (χ0v) is 17.1. The van der Waals surface area contributed by atoms with Crippen molar-refractivity contribution >= 4 is 22.6 Å². The third-order valence-electron chi connectivity index (χ3n) is 5.13. The Hall–Kier alpha value is -3.47. The topological polar surface area (TPSA) is 51.0 Å². The number of pyridine rings is 1. The fourth-order valence-corrected chi connectivity index (χ4v) is 3.58. The summed E-state index contributed by atoms with van der Waals surface area (Å²) in [5, 5.41) is 5.30. The molecule has 0 fully saturated rings. The number of aromatic nitrogens is 3. The van der Waals surface area contributed by atoms with Crippen LogP contribution in [0.25, 0.3) is 22.2 Å². The van der Waals surface area contributed by atoms with Gasteiger partial charge < -0.3 is 4.90 Å². The molecular weight excluding hydrogens is 360 g/mol. The first-order valence-corrected chi connectivity index (χ1v) is 9.74. The maximum absolute atomic E-state index is 13.4. The molecule has 0 unspecified atom stereocenters. The lowest BCUT2D eigenvalue weighted by atomic mass is 10.0. The van der Waals surface area contributed by atoms with Crippen molar-refractivity contribution in [2.45, 2.75) is 26.8 Å². The molecule has 0 aliphatic carbocycles. The second kappa shape index (κ2) is 7.51. The van der Waals surface area contributed by atoms with Crippen LogP contribution in [0, 0.1) is 6.92 Å². The number of nitrogens with zero attached hydrogens (tertiary/aromatic N) is 4. The maximum Gasteiger partial charge on any atom is 0.259 e. The summed E-state index contributed by atoms with van der Waals surface area (Å²) in [5.74, 6) is -0.0856. The molecule has 2 aromatic heterocycles. The van der Waals surface area contributed by atoms with E-state index in [0.717, 1.165) is 27.8 Å². The molecule has 0 radical (unpaired) electrons. The zero-order chi connectivity index (χ0) is 20.5. The van der Waals surface area contributed by atoms with Crippen molar-refractivity contribution in [3.05, 3.63) is 78.1 Å². The maximum atomic E-state index is 13.4. The molecule has 0 bridgehead atoms. The van der Waals surface area contributed by atoms with Gasteiger partial charge in [0.2, 0.25) is 0 Å². The van der Waals surface area contributed by atoms with Crippen molar-refractivity contribution in [2.24, 2.45) is 0 Å². The second-order valence-electron chi connectivity index (χ2n) is 7.46. The number of hydrogen-bond donors (Lipinski definition) is 0. The highest BCUT2D eigenvalue weighted by atomic mass is 16.2. The van der Waals surface area contributed by atoms with Crippen molar-refractivity contribution in [1.82, 2.24) is 14.8 Å². The van der Waals surface area contributed by atoms with E-state index >= 15 is 0 Å². The van der Waals surface area contributed by atoms with E-state index in [-0.39, 0.29) is 11.9 Å². The van der Waals surface area contributed by atoms with Crippen LogP contribution in [0.4, 0.5) is 5.69 Å². The van der Waals surface area contributed by atoms with Gasteiger partial charge in [-0.1, -0.05) is 48.5 Å². The van der Waals surface area contributed by atoms with Crippen molar-refractivity contribution in [3.8, 4) is 11.1 Å². The Balaban J connectivity index is 1.75. The van der Waals surface area contributed by atoms with Gasteiger partial charge in [0.05, 0.1) is 23.1 Å². The first-order chi connectivity index (χ1) is 14.0. The van der Waals surface area contributed by atoms with Gasteiger partial charge in [0.15, 0.2) is 5.65 Å². The van der Waals surface area contributed by atoms with Crippen LogP contribution in [0.5, 0.6) is 0 Å². The predicted molar refractivity (Wildman–Crippen MR) is 117 cm³/mol. The first kappa shape index (κ1) is 18.9. The zero-order valence-electron chi connectivity index (χ0n) is 17.1. The lowest BCUT2D eigenvalue weighted by molar-refractivity contribution is 0.0992. The van der Waals surface area contributed by atoms with Crippen LogP contribution < -0.4 is 4.90 Å². The molecule has 4 rings (SSSR count).